The van der Waals surface area contributed by atoms with E-state index in [2.05, 4.69) is 38.2 Å². The average Bonchev–Trinajstić information content (AvgIpc) is 3.23. The molecule has 0 aliphatic rings. The summed E-state index contributed by atoms with van der Waals surface area (Å²) in [5.41, 5.74) is 0. The first-order valence-electron chi connectivity index (χ1n) is 26.1. The van der Waals surface area contributed by atoms with Crippen LogP contribution in [0.3, 0.4) is 0 Å². The molecule has 0 aliphatic heterocycles. The van der Waals surface area contributed by atoms with Gasteiger partial charge in [-0.2, -0.15) is 0 Å². The number of hydrogen-bond donors (Lipinski definition) is 1. The van der Waals surface area contributed by atoms with E-state index in [-0.39, 0.29) is 25.6 Å². The van der Waals surface area contributed by atoms with E-state index in [4.69, 9.17) is 18.5 Å². The van der Waals surface area contributed by atoms with Gasteiger partial charge in [0.2, 0.25) is 0 Å². The Morgan fingerprint density at radius 2 is 0.823 bits per heavy atom. The summed E-state index contributed by atoms with van der Waals surface area (Å²) in [5.74, 6) is -0.794. The minimum Gasteiger partial charge on any atom is -0.462 e. The van der Waals surface area contributed by atoms with E-state index >= 15 is 0 Å². The van der Waals surface area contributed by atoms with Crippen molar-refractivity contribution in [3.63, 3.8) is 0 Å². The van der Waals surface area contributed by atoms with Crippen LogP contribution in [-0.2, 0) is 32.7 Å². The minimum atomic E-state index is -4.38. The number of quaternary nitrogens is 1. The van der Waals surface area contributed by atoms with Crippen molar-refractivity contribution in [1.29, 1.82) is 0 Å². The molecule has 0 radical (unpaired) electrons. The van der Waals surface area contributed by atoms with Gasteiger partial charge in [-0.25, -0.2) is 4.57 Å². The lowest BCUT2D eigenvalue weighted by Crippen LogP contribution is -2.37. The van der Waals surface area contributed by atoms with Gasteiger partial charge in [0.1, 0.15) is 19.8 Å². The van der Waals surface area contributed by atoms with Gasteiger partial charge in [0.15, 0.2) is 6.10 Å². The van der Waals surface area contributed by atoms with Crippen LogP contribution in [0.25, 0.3) is 0 Å². The second kappa shape index (κ2) is 44.7. The van der Waals surface area contributed by atoms with Gasteiger partial charge in [0, 0.05) is 12.8 Å². The summed E-state index contributed by atoms with van der Waals surface area (Å²) in [6, 6.07) is 0. The molecule has 0 saturated carbocycles. The maximum atomic E-state index is 12.7. The third-order valence-corrected chi connectivity index (χ3v) is 12.4. The molecule has 0 aromatic heterocycles. The van der Waals surface area contributed by atoms with Crippen LogP contribution in [0.15, 0.2) is 24.3 Å². The standard InChI is InChI=1S/C52H100NO8P/c1-6-8-10-12-14-16-18-20-22-24-25-26-27-29-30-32-34-36-38-40-42-44-51(54)58-48-50(49-60-62(56,57)59-47-46-53(3,4)5)61-52(55)45-43-41-39-37-35-33-31-28-23-21-19-17-15-13-11-9-7-2/h20-23,50H,6-19,24-49H2,1-5H3/p+1/b22-20+,23-21+/t50-/m1/s1. The van der Waals surface area contributed by atoms with Crippen molar-refractivity contribution < 1.29 is 42.1 Å². The Bertz CT molecular complexity index is 1110. The van der Waals surface area contributed by atoms with Crippen LogP contribution in [0.5, 0.6) is 0 Å². The first-order chi connectivity index (χ1) is 30.0. The highest BCUT2D eigenvalue weighted by molar-refractivity contribution is 7.47. The fraction of sp³-hybridized carbons (Fsp3) is 0.885. The number of nitrogens with zero attached hydrogens (tertiary/aromatic N) is 1. The van der Waals surface area contributed by atoms with Crippen molar-refractivity contribution >= 4 is 19.8 Å². The van der Waals surface area contributed by atoms with Gasteiger partial charge in [-0.05, 0) is 64.2 Å². The number of allylic oxidation sites excluding steroid dienone is 4. The lowest BCUT2D eigenvalue weighted by atomic mass is 10.0. The quantitative estimate of drug-likeness (QED) is 0.0211. The average molecular weight is 899 g/mol. The molecule has 0 aromatic rings. The highest BCUT2D eigenvalue weighted by atomic mass is 31.2. The van der Waals surface area contributed by atoms with E-state index in [1.54, 1.807) is 0 Å². The summed E-state index contributed by atoms with van der Waals surface area (Å²) in [6.07, 6.45) is 50.8. The van der Waals surface area contributed by atoms with E-state index in [0.717, 1.165) is 44.9 Å². The molecule has 0 bridgehead atoms. The fourth-order valence-electron chi connectivity index (χ4n) is 7.36. The summed E-state index contributed by atoms with van der Waals surface area (Å²) in [7, 11) is 1.48. The summed E-state index contributed by atoms with van der Waals surface area (Å²) in [4.78, 5) is 35.5. The third-order valence-electron chi connectivity index (χ3n) is 11.5. The SMILES string of the molecule is CCCCCCCC/C=C/CCCCCCCCCCCCCC(=O)OC[C@H](COP(=O)(O)OCC[N+](C)(C)C)OC(=O)CCCCCCCCC/C=C/CCCCCCCC. The van der Waals surface area contributed by atoms with Gasteiger partial charge in [-0.3, -0.25) is 18.6 Å². The van der Waals surface area contributed by atoms with Gasteiger partial charge >= 0.3 is 19.8 Å². The molecule has 9 nitrogen and oxygen atoms in total. The Kier molecular flexibility index (Phi) is 43.6. The van der Waals surface area contributed by atoms with E-state index < -0.39 is 26.5 Å². The molecule has 2 atom stereocenters. The van der Waals surface area contributed by atoms with Crippen LogP contribution in [0.2, 0.25) is 0 Å². The molecule has 0 spiro atoms. The van der Waals surface area contributed by atoms with E-state index in [1.165, 1.54) is 167 Å². The Morgan fingerprint density at radius 3 is 1.19 bits per heavy atom. The lowest BCUT2D eigenvalue weighted by Gasteiger charge is -2.24. The van der Waals surface area contributed by atoms with Gasteiger partial charge < -0.3 is 18.9 Å². The predicted molar refractivity (Wildman–Crippen MR) is 261 cm³/mol. The zero-order valence-electron chi connectivity index (χ0n) is 41.4. The molecule has 0 rings (SSSR count). The monoisotopic (exact) mass is 899 g/mol. The highest BCUT2D eigenvalue weighted by Gasteiger charge is 2.27. The van der Waals surface area contributed by atoms with Crippen LogP contribution in [0.1, 0.15) is 245 Å². The molecule has 10 heteroatoms. The molecule has 0 aromatic carbocycles. The van der Waals surface area contributed by atoms with Crippen molar-refractivity contribution in [3.05, 3.63) is 24.3 Å². The summed E-state index contributed by atoms with van der Waals surface area (Å²) >= 11 is 0. The van der Waals surface area contributed by atoms with E-state index in [9.17, 15) is 19.0 Å². The molecular formula is C52H101NO8P+. The van der Waals surface area contributed by atoms with Crippen LogP contribution in [-0.4, -0.2) is 74.9 Å². The van der Waals surface area contributed by atoms with Gasteiger partial charge in [0.25, 0.3) is 0 Å². The van der Waals surface area contributed by atoms with Crippen molar-refractivity contribution in [2.75, 3.05) is 47.5 Å². The number of phosphoric acid groups is 1. The van der Waals surface area contributed by atoms with Gasteiger partial charge in [0.05, 0.1) is 27.7 Å². The number of ether oxygens (including phenoxy) is 2. The first kappa shape index (κ1) is 60.5. The van der Waals surface area contributed by atoms with Gasteiger partial charge in [-0.15, -0.1) is 0 Å². The van der Waals surface area contributed by atoms with Crippen LogP contribution in [0.4, 0.5) is 0 Å². The van der Waals surface area contributed by atoms with Crippen molar-refractivity contribution in [2.24, 2.45) is 0 Å². The maximum absolute atomic E-state index is 12.7. The number of hydrogen-bond acceptors (Lipinski definition) is 7. The number of carbonyl (C=O) groups is 2. The topological polar surface area (TPSA) is 108 Å². The normalized spacial score (nSPS) is 13.6. The van der Waals surface area contributed by atoms with Crippen molar-refractivity contribution in [1.82, 2.24) is 0 Å². The number of carbonyl (C=O) groups excluding carboxylic acids is 2. The number of rotatable bonds is 48. The van der Waals surface area contributed by atoms with Crippen LogP contribution >= 0.6 is 7.82 Å². The Hall–Kier alpha value is -1.51. The van der Waals surface area contributed by atoms with Crippen molar-refractivity contribution in [3.8, 4) is 0 Å². The molecule has 0 amide bonds. The largest absolute Gasteiger partial charge is 0.472 e. The number of likely N-dealkylation sites (N-methyl/N-ethyl adjacent to an activating group) is 1. The smallest absolute Gasteiger partial charge is 0.462 e. The summed E-state index contributed by atoms with van der Waals surface area (Å²) in [5, 5.41) is 0. The maximum Gasteiger partial charge on any atom is 0.472 e. The lowest BCUT2D eigenvalue weighted by molar-refractivity contribution is -0.870. The number of unbranched alkanes of at least 4 members (excludes halogenated alkanes) is 30. The zero-order valence-corrected chi connectivity index (χ0v) is 42.3. The first-order valence-corrected chi connectivity index (χ1v) is 27.6. The molecule has 0 aliphatic carbocycles. The Labute approximate surface area is 383 Å². The van der Waals surface area contributed by atoms with Crippen LogP contribution < -0.4 is 0 Å². The predicted octanol–water partition coefficient (Wildman–Crippen LogP) is 15.5. The molecule has 366 valence electrons. The molecule has 1 unspecified atom stereocenters. The Morgan fingerprint density at radius 1 is 0.484 bits per heavy atom. The molecule has 0 saturated heterocycles. The second-order valence-corrected chi connectivity index (χ2v) is 20.4. The van der Waals surface area contributed by atoms with Crippen LogP contribution in [0, 0.1) is 0 Å². The summed E-state index contributed by atoms with van der Waals surface area (Å²) < 4.78 is 34.5. The number of esters is 2. The van der Waals surface area contributed by atoms with E-state index in [1.807, 2.05) is 21.1 Å². The fourth-order valence-corrected chi connectivity index (χ4v) is 8.10. The second-order valence-electron chi connectivity index (χ2n) is 18.9. The molecule has 0 heterocycles. The van der Waals surface area contributed by atoms with Gasteiger partial charge in [-0.1, -0.05) is 192 Å². The van der Waals surface area contributed by atoms with E-state index in [0.29, 0.717) is 23.9 Å². The third kappa shape index (κ3) is 48.0. The molecule has 1 N–H and O–H groups in total. The summed E-state index contributed by atoms with van der Waals surface area (Å²) in [6.45, 7) is 4.45. The molecular weight excluding hydrogens is 798 g/mol. The molecule has 62 heavy (non-hydrogen) atoms. The zero-order chi connectivity index (χ0) is 45.7. The highest BCUT2D eigenvalue weighted by Crippen LogP contribution is 2.43. The minimum absolute atomic E-state index is 0.0325. The van der Waals surface area contributed by atoms with Crippen molar-refractivity contribution in [2.45, 2.75) is 251 Å². The molecule has 0 fully saturated rings. The number of phosphoric ester groups is 1. The Balaban J connectivity index is 4.22.